The quantitative estimate of drug-likeness (QED) is 0.758. The van der Waals surface area contributed by atoms with Crippen LogP contribution in [-0.4, -0.2) is 62.0 Å². The van der Waals surface area contributed by atoms with Crippen LogP contribution in [0.5, 0.6) is 11.5 Å². The van der Waals surface area contributed by atoms with Crippen LogP contribution in [-0.2, 0) is 4.79 Å². The molecule has 26 heavy (non-hydrogen) atoms. The number of hydrogen-bond acceptors (Lipinski definition) is 4. The highest BCUT2D eigenvalue weighted by atomic mass is 16.5. The fraction of sp³-hybridized carbons (Fsp3) is 0.500. The summed E-state index contributed by atoms with van der Waals surface area (Å²) in [6, 6.07) is 5.17. The topological polar surface area (TPSA) is 59.1 Å². The lowest BCUT2D eigenvalue weighted by Gasteiger charge is -2.22. The highest BCUT2D eigenvalue weighted by Gasteiger charge is 2.23. The molecule has 142 valence electrons. The zero-order chi connectivity index (χ0) is 19.1. The second-order valence-corrected chi connectivity index (χ2v) is 6.39. The Hall–Kier alpha value is -2.50. The van der Waals surface area contributed by atoms with Crippen molar-refractivity contribution in [3.8, 4) is 11.5 Å². The smallest absolute Gasteiger partial charge is 0.254 e. The Balaban J connectivity index is 2.06. The number of methoxy groups -OCH3 is 2. The van der Waals surface area contributed by atoms with E-state index >= 15 is 0 Å². The lowest BCUT2D eigenvalue weighted by Crippen LogP contribution is -2.36. The van der Waals surface area contributed by atoms with Crippen LogP contribution in [0.4, 0.5) is 0 Å². The summed E-state index contributed by atoms with van der Waals surface area (Å²) < 4.78 is 10.5. The zero-order valence-electron chi connectivity index (χ0n) is 16.1. The van der Waals surface area contributed by atoms with Crippen molar-refractivity contribution in [3.63, 3.8) is 0 Å². The fourth-order valence-electron chi connectivity index (χ4n) is 2.90. The molecule has 1 aliphatic rings. The summed E-state index contributed by atoms with van der Waals surface area (Å²) in [5, 5.41) is 0. The largest absolute Gasteiger partial charge is 0.493 e. The molecule has 2 rings (SSSR count). The Bertz CT molecular complexity index is 684. The van der Waals surface area contributed by atoms with Gasteiger partial charge in [-0.25, -0.2) is 0 Å². The van der Waals surface area contributed by atoms with Crippen molar-refractivity contribution >= 4 is 11.8 Å². The Morgan fingerprint density at radius 3 is 2.35 bits per heavy atom. The standard InChI is InChI=1S/C20H28N2O4/c1-5-15(2)13-19(23)21-9-6-10-22(12-11-21)20(24)16-7-8-17(25-3)18(14-16)26-4/h7-8,13-14H,5-6,9-12H2,1-4H3/b15-13+. The van der Waals surface area contributed by atoms with Crippen LogP contribution in [0.2, 0.25) is 0 Å². The number of nitrogens with zero attached hydrogens (tertiary/aromatic N) is 2. The first-order valence-electron chi connectivity index (χ1n) is 8.97. The summed E-state index contributed by atoms with van der Waals surface area (Å²) in [5.74, 6) is 1.10. The molecule has 0 aromatic heterocycles. The van der Waals surface area contributed by atoms with Gasteiger partial charge in [0.05, 0.1) is 14.2 Å². The summed E-state index contributed by atoms with van der Waals surface area (Å²) in [5.41, 5.74) is 1.63. The minimum absolute atomic E-state index is 0.0322. The molecule has 1 saturated heterocycles. The van der Waals surface area contributed by atoms with E-state index in [2.05, 4.69) is 0 Å². The van der Waals surface area contributed by atoms with Crippen molar-refractivity contribution in [1.82, 2.24) is 9.80 Å². The number of rotatable bonds is 5. The first-order valence-corrected chi connectivity index (χ1v) is 8.97. The summed E-state index contributed by atoms with van der Waals surface area (Å²) in [6.45, 7) is 6.37. The molecule has 0 saturated carbocycles. The second kappa shape index (κ2) is 9.27. The van der Waals surface area contributed by atoms with E-state index in [4.69, 9.17) is 9.47 Å². The maximum Gasteiger partial charge on any atom is 0.254 e. The van der Waals surface area contributed by atoms with Crippen LogP contribution in [0.15, 0.2) is 29.8 Å². The molecule has 1 aromatic carbocycles. The SMILES string of the molecule is CC/C(C)=C/C(=O)N1CCCN(C(=O)c2ccc(OC)c(OC)c2)CC1. The Labute approximate surface area is 155 Å². The summed E-state index contributed by atoms with van der Waals surface area (Å²) in [6.07, 6.45) is 3.33. The third-order valence-corrected chi connectivity index (χ3v) is 4.65. The average molecular weight is 360 g/mol. The molecular formula is C20H28N2O4. The van der Waals surface area contributed by atoms with Gasteiger partial charge in [-0.05, 0) is 38.0 Å². The minimum atomic E-state index is -0.0551. The van der Waals surface area contributed by atoms with Gasteiger partial charge in [0.2, 0.25) is 5.91 Å². The Kier molecular flexibility index (Phi) is 7.06. The number of benzene rings is 1. The van der Waals surface area contributed by atoms with Crippen molar-refractivity contribution in [2.45, 2.75) is 26.7 Å². The van der Waals surface area contributed by atoms with Crippen LogP contribution in [0.1, 0.15) is 37.0 Å². The molecule has 6 heteroatoms. The van der Waals surface area contributed by atoms with Crippen molar-refractivity contribution in [2.24, 2.45) is 0 Å². The van der Waals surface area contributed by atoms with E-state index in [1.807, 2.05) is 18.7 Å². The number of allylic oxidation sites excluding steroid dienone is 1. The molecule has 0 spiro atoms. The molecule has 0 N–H and O–H groups in total. The first-order chi connectivity index (χ1) is 12.5. The lowest BCUT2D eigenvalue weighted by molar-refractivity contribution is -0.125. The molecule has 0 atom stereocenters. The molecule has 6 nitrogen and oxygen atoms in total. The predicted octanol–water partition coefficient (Wildman–Crippen LogP) is 2.73. The van der Waals surface area contributed by atoms with Gasteiger partial charge in [-0.2, -0.15) is 0 Å². The van der Waals surface area contributed by atoms with Gasteiger partial charge in [0.15, 0.2) is 11.5 Å². The third-order valence-electron chi connectivity index (χ3n) is 4.65. The van der Waals surface area contributed by atoms with Crippen molar-refractivity contribution < 1.29 is 19.1 Å². The fourth-order valence-corrected chi connectivity index (χ4v) is 2.90. The van der Waals surface area contributed by atoms with Gasteiger partial charge in [0.25, 0.3) is 5.91 Å². The molecule has 0 unspecified atom stereocenters. The Morgan fingerprint density at radius 1 is 1.04 bits per heavy atom. The molecule has 1 heterocycles. The van der Waals surface area contributed by atoms with Gasteiger partial charge < -0.3 is 19.3 Å². The third kappa shape index (κ3) is 4.77. The lowest BCUT2D eigenvalue weighted by atomic mass is 10.1. The number of carbonyl (C=O) groups is 2. The summed E-state index contributed by atoms with van der Waals surface area (Å²) in [7, 11) is 3.11. The van der Waals surface area contributed by atoms with Gasteiger partial charge in [-0.15, -0.1) is 0 Å². The monoisotopic (exact) mass is 360 g/mol. The van der Waals surface area contributed by atoms with Crippen LogP contribution < -0.4 is 9.47 Å². The van der Waals surface area contributed by atoms with E-state index < -0.39 is 0 Å². The first kappa shape index (κ1) is 19.8. The maximum atomic E-state index is 12.8. The van der Waals surface area contributed by atoms with Gasteiger partial charge in [-0.1, -0.05) is 12.5 Å². The van der Waals surface area contributed by atoms with Gasteiger partial charge in [0, 0.05) is 37.8 Å². The number of hydrogen-bond donors (Lipinski definition) is 0. The molecule has 0 aliphatic carbocycles. The predicted molar refractivity (Wildman–Crippen MR) is 101 cm³/mol. The summed E-state index contributed by atoms with van der Waals surface area (Å²) in [4.78, 5) is 28.8. The number of ether oxygens (including phenoxy) is 2. The molecule has 2 amide bonds. The molecule has 0 radical (unpaired) electrons. The maximum absolute atomic E-state index is 12.8. The normalized spacial score (nSPS) is 15.5. The molecular weight excluding hydrogens is 332 g/mol. The van der Waals surface area contributed by atoms with Crippen LogP contribution in [0, 0.1) is 0 Å². The van der Waals surface area contributed by atoms with Gasteiger partial charge >= 0.3 is 0 Å². The van der Waals surface area contributed by atoms with Gasteiger partial charge in [0.1, 0.15) is 0 Å². The number of amides is 2. The second-order valence-electron chi connectivity index (χ2n) is 6.39. The van der Waals surface area contributed by atoms with Crippen LogP contribution in [0.3, 0.4) is 0 Å². The van der Waals surface area contributed by atoms with E-state index in [1.54, 1.807) is 43.4 Å². The van der Waals surface area contributed by atoms with Crippen LogP contribution >= 0.6 is 0 Å². The van der Waals surface area contributed by atoms with Gasteiger partial charge in [-0.3, -0.25) is 9.59 Å². The zero-order valence-corrected chi connectivity index (χ0v) is 16.1. The highest BCUT2D eigenvalue weighted by Crippen LogP contribution is 2.28. The Morgan fingerprint density at radius 2 is 1.69 bits per heavy atom. The van der Waals surface area contributed by atoms with Crippen molar-refractivity contribution in [2.75, 3.05) is 40.4 Å². The average Bonchev–Trinajstić information content (AvgIpc) is 2.92. The van der Waals surface area contributed by atoms with Crippen LogP contribution in [0.25, 0.3) is 0 Å². The van der Waals surface area contributed by atoms with E-state index in [0.717, 1.165) is 18.4 Å². The molecule has 1 fully saturated rings. The molecule has 1 aromatic rings. The van der Waals surface area contributed by atoms with Crippen molar-refractivity contribution in [1.29, 1.82) is 0 Å². The van der Waals surface area contributed by atoms with E-state index in [0.29, 0.717) is 43.2 Å². The highest BCUT2D eigenvalue weighted by molar-refractivity contribution is 5.95. The van der Waals surface area contributed by atoms with Crippen molar-refractivity contribution in [3.05, 3.63) is 35.4 Å². The van der Waals surface area contributed by atoms with E-state index in [9.17, 15) is 9.59 Å². The minimum Gasteiger partial charge on any atom is -0.493 e. The number of carbonyl (C=O) groups excluding carboxylic acids is 2. The molecule has 1 aliphatic heterocycles. The molecule has 0 bridgehead atoms. The summed E-state index contributed by atoms with van der Waals surface area (Å²) >= 11 is 0. The van der Waals surface area contributed by atoms with E-state index in [-0.39, 0.29) is 11.8 Å². The van der Waals surface area contributed by atoms with E-state index in [1.165, 1.54) is 0 Å².